The van der Waals surface area contributed by atoms with Gasteiger partial charge in [0.2, 0.25) is 0 Å². The van der Waals surface area contributed by atoms with E-state index in [0.29, 0.717) is 24.5 Å². The van der Waals surface area contributed by atoms with Crippen LogP contribution in [0.4, 0.5) is 0 Å². The van der Waals surface area contributed by atoms with Crippen LogP contribution in [0.3, 0.4) is 0 Å². The van der Waals surface area contributed by atoms with Gasteiger partial charge in [-0.05, 0) is 42.3 Å². The van der Waals surface area contributed by atoms with Gasteiger partial charge >= 0.3 is 0 Å². The van der Waals surface area contributed by atoms with Crippen LogP contribution in [-0.4, -0.2) is 12.4 Å². The van der Waals surface area contributed by atoms with Gasteiger partial charge in [0.25, 0.3) is 0 Å². The first kappa shape index (κ1) is 14.6. The van der Waals surface area contributed by atoms with Gasteiger partial charge in [0, 0.05) is 17.9 Å². The van der Waals surface area contributed by atoms with Crippen LogP contribution in [0.15, 0.2) is 48.5 Å². The fraction of sp³-hybridized carbons (Fsp3) is 0.235. The molecule has 0 saturated heterocycles. The van der Waals surface area contributed by atoms with Crippen molar-refractivity contribution in [3.63, 3.8) is 0 Å². The number of ether oxygens (including phenoxy) is 1. The van der Waals surface area contributed by atoms with E-state index >= 15 is 0 Å². The molecule has 0 amide bonds. The third-order valence-electron chi connectivity index (χ3n) is 2.95. The molecule has 0 aliphatic carbocycles. The zero-order valence-corrected chi connectivity index (χ0v) is 12.2. The summed E-state index contributed by atoms with van der Waals surface area (Å²) < 4.78 is 5.57. The van der Waals surface area contributed by atoms with Gasteiger partial charge in [-0.3, -0.25) is 4.79 Å². The molecule has 0 atom stereocenters. The number of Topliss-reactive ketones (excluding diaryl/α,β-unsaturated/α-hetero) is 1. The van der Waals surface area contributed by atoms with E-state index in [1.54, 1.807) is 12.1 Å². The third-order valence-corrected chi connectivity index (χ3v) is 3.21. The molecule has 2 rings (SSSR count). The Morgan fingerprint density at radius 2 is 1.90 bits per heavy atom. The molecule has 2 aromatic rings. The molecule has 0 bridgehead atoms. The Labute approximate surface area is 124 Å². The van der Waals surface area contributed by atoms with E-state index in [9.17, 15) is 4.79 Å². The second-order valence-electron chi connectivity index (χ2n) is 4.76. The lowest BCUT2D eigenvalue weighted by atomic mass is 10.1. The Morgan fingerprint density at radius 1 is 1.15 bits per heavy atom. The van der Waals surface area contributed by atoms with Crippen molar-refractivity contribution >= 4 is 17.4 Å². The van der Waals surface area contributed by atoms with Gasteiger partial charge in [-0.25, -0.2) is 0 Å². The summed E-state index contributed by atoms with van der Waals surface area (Å²) in [5.41, 5.74) is 2.13. The molecule has 0 aromatic heterocycles. The molecular formula is C17H17ClO2. The molecule has 0 saturated carbocycles. The molecule has 20 heavy (non-hydrogen) atoms. The molecule has 0 aliphatic rings. The lowest BCUT2D eigenvalue weighted by molar-refractivity contribution is -0.118. The van der Waals surface area contributed by atoms with Crippen molar-refractivity contribution in [2.24, 2.45) is 0 Å². The van der Waals surface area contributed by atoms with Gasteiger partial charge < -0.3 is 4.74 Å². The normalized spacial score (nSPS) is 10.3. The number of aryl methyl sites for hydroxylation is 1. The van der Waals surface area contributed by atoms with Crippen LogP contribution >= 0.6 is 11.6 Å². The van der Waals surface area contributed by atoms with Gasteiger partial charge in [-0.15, -0.1) is 0 Å². The zero-order valence-electron chi connectivity index (χ0n) is 11.4. The van der Waals surface area contributed by atoms with Gasteiger partial charge in [0.05, 0.1) is 6.61 Å². The van der Waals surface area contributed by atoms with Crippen molar-refractivity contribution in [2.75, 3.05) is 6.61 Å². The minimum Gasteiger partial charge on any atom is -0.493 e. The molecule has 104 valence electrons. The monoisotopic (exact) mass is 288 g/mol. The van der Waals surface area contributed by atoms with Crippen molar-refractivity contribution in [2.45, 2.75) is 19.8 Å². The average Bonchev–Trinajstić information content (AvgIpc) is 2.41. The fourth-order valence-corrected chi connectivity index (χ4v) is 2.03. The van der Waals surface area contributed by atoms with E-state index in [0.717, 1.165) is 16.9 Å². The number of ketones is 1. The molecule has 3 heteroatoms. The first-order valence-corrected chi connectivity index (χ1v) is 6.97. The number of carbonyl (C=O) groups is 1. The molecule has 0 radical (unpaired) electrons. The van der Waals surface area contributed by atoms with E-state index in [1.165, 1.54) is 0 Å². The Balaban J connectivity index is 1.76. The lowest BCUT2D eigenvalue weighted by Crippen LogP contribution is -2.08. The summed E-state index contributed by atoms with van der Waals surface area (Å²) in [6.45, 7) is 2.43. The smallest absolute Gasteiger partial charge is 0.140 e. The quantitative estimate of drug-likeness (QED) is 0.795. The molecule has 2 aromatic carbocycles. The first-order valence-electron chi connectivity index (χ1n) is 6.59. The molecule has 0 aliphatic heterocycles. The average molecular weight is 289 g/mol. The van der Waals surface area contributed by atoms with Gasteiger partial charge in [0.15, 0.2) is 0 Å². The number of halogens is 1. The Hall–Kier alpha value is -1.80. The summed E-state index contributed by atoms with van der Waals surface area (Å²) in [5.74, 6) is 0.976. The second-order valence-corrected chi connectivity index (χ2v) is 5.19. The standard InChI is InChI=1S/C17H17ClO2/c1-13-3-2-4-17(11-13)20-10-9-16(19)12-14-5-7-15(18)8-6-14/h2-8,11H,9-10,12H2,1H3. The molecule has 0 N–H and O–H groups in total. The summed E-state index contributed by atoms with van der Waals surface area (Å²) in [7, 11) is 0. The maximum Gasteiger partial charge on any atom is 0.140 e. The highest BCUT2D eigenvalue weighted by Crippen LogP contribution is 2.13. The predicted octanol–water partition coefficient (Wildman–Crippen LogP) is 4.23. The summed E-state index contributed by atoms with van der Waals surface area (Å²) in [4.78, 5) is 11.8. The van der Waals surface area contributed by atoms with E-state index in [1.807, 2.05) is 43.3 Å². The highest BCUT2D eigenvalue weighted by Gasteiger charge is 2.04. The number of carbonyl (C=O) groups excluding carboxylic acids is 1. The Bertz CT molecular complexity index is 576. The topological polar surface area (TPSA) is 26.3 Å². The number of rotatable bonds is 6. The van der Waals surface area contributed by atoms with Gasteiger partial charge in [-0.1, -0.05) is 35.9 Å². The largest absolute Gasteiger partial charge is 0.493 e. The predicted molar refractivity (Wildman–Crippen MR) is 81.5 cm³/mol. The minimum absolute atomic E-state index is 0.167. The molecule has 0 unspecified atom stereocenters. The number of hydrogen-bond donors (Lipinski definition) is 0. The van der Waals surface area contributed by atoms with Crippen molar-refractivity contribution in [3.8, 4) is 5.75 Å². The Kier molecular flexibility index (Phi) is 5.19. The van der Waals surface area contributed by atoms with Crippen LogP contribution in [0.2, 0.25) is 5.02 Å². The van der Waals surface area contributed by atoms with Crippen LogP contribution in [0.1, 0.15) is 17.5 Å². The summed E-state index contributed by atoms with van der Waals surface area (Å²) >= 11 is 5.81. The molecule has 2 nitrogen and oxygen atoms in total. The molecule has 0 spiro atoms. The van der Waals surface area contributed by atoms with Crippen molar-refractivity contribution in [1.82, 2.24) is 0 Å². The Morgan fingerprint density at radius 3 is 2.60 bits per heavy atom. The summed E-state index contributed by atoms with van der Waals surface area (Å²) in [5, 5.41) is 0.684. The van der Waals surface area contributed by atoms with E-state index in [2.05, 4.69) is 0 Å². The third kappa shape index (κ3) is 4.71. The van der Waals surface area contributed by atoms with E-state index in [-0.39, 0.29) is 5.78 Å². The van der Waals surface area contributed by atoms with Gasteiger partial charge in [0.1, 0.15) is 11.5 Å². The van der Waals surface area contributed by atoms with Crippen LogP contribution < -0.4 is 4.74 Å². The second kappa shape index (κ2) is 7.11. The lowest BCUT2D eigenvalue weighted by Gasteiger charge is -2.06. The van der Waals surface area contributed by atoms with Crippen LogP contribution in [0.5, 0.6) is 5.75 Å². The van der Waals surface area contributed by atoms with Crippen molar-refractivity contribution < 1.29 is 9.53 Å². The maximum absolute atomic E-state index is 11.8. The van der Waals surface area contributed by atoms with E-state index in [4.69, 9.17) is 16.3 Å². The fourth-order valence-electron chi connectivity index (χ4n) is 1.91. The van der Waals surface area contributed by atoms with Crippen LogP contribution in [0, 0.1) is 6.92 Å². The van der Waals surface area contributed by atoms with Crippen molar-refractivity contribution in [1.29, 1.82) is 0 Å². The number of hydrogen-bond acceptors (Lipinski definition) is 2. The molecular weight excluding hydrogens is 272 g/mol. The SMILES string of the molecule is Cc1cccc(OCCC(=O)Cc2ccc(Cl)cc2)c1. The molecule has 0 fully saturated rings. The molecule has 0 heterocycles. The highest BCUT2D eigenvalue weighted by molar-refractivity contribution is 6.30. The van der Waals surface area contributed by atoms with Crippen LogP contribution in [-0.2, 0) is 11.2 Å². The van der Waals surface area contributed by atoms with Crippen molar-refractivity contribution in [3.05, 3.63) is 64.7 Å². The van der Waals surface area contributed by atoms with E-state index < -0.39 is 0 Å². The minimum atomic E-state index is 0.167. The summed E-state index contributed by atoms with van der Waals surface area (Å²) in [6, 6.07) is 15.2. The van der Waals surface area contributed by atoms with Crippen LogP contribution in [0.25, 0.3) is 0 Å². The van der Waals surface area contributed by atoms with Gasteiger partial charge in [-0.2, -0.15) is 0 Å². The first-order chi connectivity index (χ1) is 9.63. The maximum atomic E-state index is 11.8. The number of benzene rings is 2. The summed E-state index contributed by atoms with van der Waals surface area (Å²) in [6.07, 6.45) is 0.838. The zero-order chi connectivity index (χ0) is 14.4. The highest BCUT2D eigenvalue weighted by atomic mass is 35.5.